The molecule has 0 aromatic heterocycles. The summed E-state index contributed by atoms with van der Waals surface area (Å²) in [4.78, 5) is 0. The zero-order valence-corrected chi connectivity index (χ0v) is 12.3. The molecule has 96 valence electrons. The first-order chi connectivity index (χ1) is 8.79. The molecule has 0 N–H and O–H groups in total. The van der Waals surface area contributed by atoms with Crippen LogP contribution in [-0.4, -0.2) is 23.2 Å². The third-order valence-corrected chi connectivity index (χ3v) is 3.23. The first kappa shape index (κ1) is 14.9. The van der Waals surface area contributed by atoms with Crippen LogP contribution >= 0.6 is 0 Å². The van der Waals surface area contributed by atoms with Crippen molar-refractivity contribution in [2.75, 3.05) is 13.2 Å². The van der Waals surface area contributed by atoms with Gasteiger partial charge >= 0.3 is 10.0 Å². The van der Waals surface area contributed by atoms with E-state index in [4.69, 9.17) is 8.85 Å². The highest BCUT2D eigenvalue weighted by atomic mass is 28.3. The van der Waals surface area contributed by atoms with Crippen molar-refractivity contribution in [2.45, 2.75) is 20.8 Å². The van der Waals surface area contributed by atoms with Crippen molar-refractivity contribution in [2.24, 2.45) is 0 Å². The molecule has 0 aliphatic heterocycles. The molecule has 2 aromatic carbocycles. The number of benzene rings is 2. The molecule has 18 heavy (non-hydrogen) atoms. The van der Waals surface area contributed by atoms with Crippen LogP contribution < -0.4 is 0 Å². The van der Waals surface area contributed by atoms with Gasteiger partial charge < -0.3 is 8.85 Å². The third-order valence-electron chi connectivity index (χ3n) is 2.41. The molecular weight excluding hydrogens is 240 g/mol. The maximum absolute atomic E-state index is 4.88. The Kier molecular flexibility index (Phi) is 7.33. The molecular formula is C15H20O2Si. The van der Waals surface area contributed by atoms with E-state index in [0.717, 1.165) is 13.2 Å². The van der Waals surface area contributed by atoms with Crippen molar-refractivity contribution >= 4 is 20.8 Å². The summed E-state index contributed by atoms with van der Waals surface area (Å²) in [5.74, 6) is 0. The van der Waals surface area contributed by atoms with Crippen molar-refractivity contribution in [3.8, 4) is 0 Å². The predicted octanol–water partition coefficient (Wildman–Crippen LogP) is 3.74. The van der Waals surface area contributed by atoms with E-state index in [-0.39, 0.29) is 10.0 Å². The van der Waals surface area contributed by atoms with Gasteiger partial charge in [0.2, 0.25) is 0 Å². The van der Waals surface area contributed by atoms with Crippen LogP contribution in [0.1, 0.15) is 19.4 Å². The summed E-state index contributed by atoms with van der Waals surface area (Å²) in [5, 5.41) is 2.68. The van der Waals surface area contributed by atoms with Crippen molar-refractivity contribution in [1.29, 1.82) is 0 Å². The first-order valence-electron chi connectivity index (χ1n) is 6.22. The lowest BCUT2D eigenvalue weighted by atomic mass is 10.1. The van der Waals surface area contributed by atoms with Crippen LogP contribution in [0.2, 0.25) is 0 Å². The summed E-state index contributed by atoms with van der Waals surface area (Å²) in [6.45, 7) is 7.54. The maximum Gasteiger partial charge on any atom is 0.433 e. The molecule has 0 atom stereocenters. The average molecular weight is 260 g/mol. The van der Waals surface area contributed by atoms with Gasteiger partial charge in [-0.2, -0.15) is 0 Å². The van der Waals surface area contributed by atoms with Gasteiger partial charge in [0.1, 0.15) is 0 Å². The Morgan fingerprint density at radius 1 is 0.889 bits per heavy atom. The second kappa shape index (κ2) is 8.86. The van der Waals surface area contributed by atoms with Gasteiger partial charge in [-0.3, -0.25) is 0 Å². The predicted molar refractivity (Wildman–Crippen MR) is 77.7 cm³/mol. The lowest BCUT2D eigenvalue weighted by Crippen LogP contribution is -2.02. The van der Waals surface area contributed by atoms with Gasteiger partial charge in [0.15, 0.2) is 0 Å². The normalized spacial score (nSPS) is 9.94. The van der Waals surface area contributed by atoms with Crippen LogP contribution in [0.15, 0.2) is 42.5 Å². The quantitative estimate of drug-likeness (QED) is 0.616. The monoisotopic (exact) mass is 260 g/mol. The Hall–Kier alpha value is -1.16. The Morgan fingerprint density at radius 3 is 2.11 bits per heavy atom. The summed E-state index contributed by atoms with van der Waals surface area (Å²) in [6.07, 6.45) is 0. The minimum atomic E-state index is 0.232. The fourth-order valence-corrected chi connectivity index (χ4v) is 1.87. The van der Waals surface area contributed by atoms with E-state index >= 15 is 0 Å². The molecule has 0 spiro atoms. The van der Waals surface area contributed by atoms with E-state index in [2.05, 4.69) is 49.4 Å². The Labute approximate surface area is 112 Å². The lowest BCUT2D eigenvalue weighted by Gasteiger charge is -1.98. The molecule has 2 nitrogen and oxygen atoms in total. The third kappa shape index (κ3) is 5.00. The van der Waals surface area contributed by atoms with Gasteiger partial charge in [0.25, 0.3) is 0 Å². The number of aryl methyl sites for hydroxylation is 1. The highest BCUT2D eigenvalue weighted by molar-refractivity contribution is 6.17. The summed E-state index contributed by atoms with van der Waals surface area (Å²) >= 11 is 0. The molecule has 0 saturated carbocycles. The lowest BCUT2D eigenvalue weighted by molar-refractivity contribution is 0.240. The van der Waals surface area contributed by atoms with E-state index in [0.29, 0.717) is 0 Å². The zero-order chi connectivity index (χ0) is 13.2. The molecule has 3 heteroatoms. The van der Waals surface area contributed by atoms with Gasteiger partial charge in [-0.15, -0.1) is 0 Å². The minimum absolute atomic E-state index is 0.232. The van der Waals surface area contributed by atoms with Crippen LogP contribution in [0, 0.1) is 6.92 Å². The average Bonchev–Trinajstić information content (AvgIpc) is 2.41. The Morgan fingerprint density at radius 2 is 1.50 bits per heavy atom. The second-order valence-corrected chi connectivity index (χ2v) is 4.49. The maximum atomic E-state index is 4.88. The van der Waals surface area contributed by atoms with Crippen molar-refractivity contribution in [3.63, 3.8) is 0 Å². The SMILES string of the molecule is CCO[Si]OCC.Cc1cccc2ccccc12. The zero-order valence-electron chi connectivity index (χ0n) is 11.3. The second-order valence-electron chi connectivity index (χ2n) is 3.75. The summed E-state index contributed by atoms with van der Waals surface area (Å²) < 4.78 is 9.76. The van der Waals surface area contributed by atoms with Gasteiger partial charge in [-0.1, -0.05) is 42.5 Å². The summed E-state index contributed by atoms with van der Waals surface area (Å²) in [6, 6.07) is 14.8. The summed E-state index contributed by atoms with van der Waals surface area (Å²) in [5.41, 5.74) is 1.35. The van der Waals surface area contributed by atoms with Crippen LogP contribution in [0.3, 0.4) is 0 Å². The van der Waals surface area contributed by atoms with Crippen LogP contribution in [0.4, 0.5) is 0 Å². The van der Waals surface area contributed by atoms with Crippen LogP contribution in [-0.2, 0) is 8.85 Å². The number of hydrogen-bond acceptors (Lipinski definition) is 2. The summed E-state index contributed by atoms with van der Waals surface area (Å²) in [7, 11) is 0.232. The van der Waals surface area contributed by atoms with Crippen molar-refractivity contribution in [1.82, 2.24) is 0 Å². The minimum Gasteiger partial charge on any atom is -0.393 e. The molecule has 2 rings (SSSR count). The smallest absolute Gasteiger partial charge is 0.393 e. The molecule has 2 radical (unpaired) electrons. The van der Waals surface area contributed by atoms with Crippen LogP contribution in [0.25, 0.3) is 10.8 Å². The molecule has 0 fully saturated rings. The Bertz CT molecular complexity index is 448. The van der Waals surface area contributed by atoms with E-state index in [1.165, 1.54) is 16.3 Å². The van der Waals surface area contributed by atoms with Crippen LogP contribution in [0.5, 0.6) is 0 Å². The van der Waals surface area contributed by atoms with E-state index in [1.807, 2.05) is 13.8 Å². The van der Waals surface area contributed by atoms with Crippen molar-refractivity contribution in [3.05, 3.63) is 48.0 Å². The van der Waals surface area contributed by atoms with Gasteiger partial charge in [-0.05, 0) is 37.1 Å². The molecule has 0 amide bonds. The Balaban J connectivity index is 0.000000203. The van der Waals surface area contributed by atoms with Gasteiger partial charge in [0, 0.05) is 13.2 Å². The van der Waals surface area contributed by atoms with Gasteiger partial charge in [0.05, 0.1) is 0 Å². The number of fused-ring (bicyclic) bond motifs is 1. The van der Waals surface area contributed by atoms with E-state index in [1.54, 1.807) is 0 Å². The fourth-order valence-electron chi connectivity index (χ4n) is 1.55. The highest BCUT2D eigenvalue weighted by Gasteiger charge is 1.92. The number of hydrogen-bond donors (Lipinski definition) is 0. The highest BCUT2D eigenvalue weighted by Crippen LogP contribution is 2.16. The molecule has 0 bridgehead atoms. The molecule has 0 heterocycles. The van der Waals surface area contributed by atoms with E-state index in [9.17, 15) is 0 Å². The molecule has 0 aliphatic rings. The standard InChI is InChI=1S/C11H10.C4H10O2Si/c1-9-5-4-7-10-6-2-3-8-11(9)10;1-3-5-7-6-4-2/h2-8H,1H3;3-4H2,1-2H3. The number of rotatable bonds is 4. The molecule has 2 aromatic rings. The van der Waals surface area contributed by atoms with Gasteiger partial charge in [-0.25, -0.2) is 0 Å². The molecule has 0 aliphatic carbocycles. The topological polar surface area (TPSA) is 18.5 Å². The van der Waals surface area contributed by atoms with Crippen molar-refractivity contribution < 1.29 is 8.85 Å². The molecule has 0 unspecified atom stereocenters. The first-order valence-corrected chi connectivity index (χ1v) is 7.04. The fraction of sp³-hybridized carbons (Fsp3) is 0.333. The molecule has 0 saturated heterocycles. The largest absolute Gasteiger partial charge is 0.433 e. The van der Waals surface area contributed by atoms with E-state index < -0.39 is 0 Å².